The maximum absolute atomic E-state index is 12.8. The Balaban J connectivity index is 4.65. The van der Waals surface area contributed by atoms with Crippen LogP contribution in [0.2, 0.25) is 0 Å². The highest BCUT2D eigenvalue weighted by Crippen LogP contribution is 2.12. The summed E-state index contributed by atoms with van der Waals surface area (Å²) in [6, 6.07) is 0. The maximum atomic E-state index is 12.8. The van der Waals surface area contributed by atoms with Crippen LogP contribution in [0.15, 0.2) is 170 Å². The molecule has 0 N–H and O–H groups in total. The van der Waals surface area contributed by atoms with Crippen LogP contribution in [0.1, 0.15) is 181 Å². The third-order valence-electron chi connectivity index (χ3n) is 10.3. The van der Waals surface area contributed by atoms with E-state index in [0.717, 1.165) is 83.5 Å². The number of hydrogen-bond donors (Lipinski definition) is 0. The molecule has 0 fully saturated rings. The Hall–Kier alpha value is -5.23. The summed E-state index contributed by atoms with van der Waals surface area (Å²) < 4.78 is 16.7. The lowest BCUT2D eigenvalue weighted by atomic mass is 10.1. The fourth-order valence-corrected chi connectivity index (χ4v) is 6.39. The molecule has 68 heavy (non-hydrogen) atoms. The van der Waals surface area contributed by atoms with E-state index >= 15 is 0 Å². The minimum Gasteiger partial charge on any atom is -0.462 e. The Bertz CT molecular complexity index is 1640. The zero-order chi connectivity index (χ0) is 49.3. The van der Waals surface area contributed by atoms with Gasteiger partial charge >= 0.3 is 17.9 Å². The minimum absolute atomic E-state index is 0.128. The lowest BCUT2D eigenvalue weighted by Crippen LogP contribution is -2.30. The number of esters is 3. The molecule has 6 nitrogen and oxygen atoms in total. The van der Waals surface area contributed by atoms with Gasteiger partial charge < -0.3 is 14.2 Å². The fourth-order valence-electron chi connectivity index (χ4n) is 6.39. The first-order valence-corrected chi connectivity index (χ1v) is 26.3. The van der Waals surface area contributed by atoms with Crippen LogP contribution in [-0.4, -0.2) is 37.2 Å². The SMILES string of the molecule is CC\C=C/C=C\C=C/C=C\C=C\C=C/C=C\CCCCCC(=O)OCC(COC(=O)CCCCC/C=C\CCCCCCCCC)OC(=O)CCCCC\C=C/C=C/C=C\C=C/C=C\C=C/CC. The normalized spacial score (nSPS) is 13.5. The van der Waals surface area contributed by atoms with Gasteiger partial charge in [0.15, 0.2) is 6.10 Å². The summed E-state index contributed by atoms with van der Waals surface area (Å²) in [5.41, 5.74) is 0. The van der Waals surface area contributed by atoms with Crippen molar-refractivity contribution in [3.05, 3.63) is 170 Å². The van der Waals surface area contributed by atoms with Crippen LogP contribution >= 0.6 is 0 Å². The first-order valence-electron chi connectivity index (χ1n) is 26.3. The highest BCUT2D eigenvalue weighted by Gasteiger charge is 2.19. The van der Waals surface area contributed by atoms with Crippen LogP contribution in [-0.2, 0) is 28.6 Å². The van der Waals surface area contributed by atoms with Crippen molar-refractivity contribution >= 4 is 17.9 Å². The summed E-state index contributed by atoms with van der Waals surface area (Å²) in [5.74, 6) is -1.05. The summed E-state index contributed by atoms with van der Waals surface area (Å²) in [6.07, 6.45) is 80.4. The number of hydrogen-bond acceptors (Lipinski definition) is 6. The van der Waals surface area contributed by atoms with Crippen molar-refractivity contribution in [2.24, 2.45) is 0 Å². The molecule has 0 aromatic heterocycles. The van der Waals surface area contributed by atoms with Crippen molar-refractivity contribution < 1.29 is 28.6 Å². The fraction of sp³-hybridized carbons (Fsp3) is 0.500. The van der Waals surface area contributed by atoms with E-state index in [1.165, 1.54) is 44.9 Å². The highest BCUT2D eigenvalue weighted by molar-refractivity contribution is 5.71. The molecule has 1 atom stereocenters. The topological polar surface area (TPSA) is 78.9 Å². The largest absolute Gasteiger partial charge is 0.462 e. The molecule has 376 valence electrons. The van der Waals surface area contributed by atoms with Gasteiger partial charge in [-0.2, -0.15) is 0 Å². The molecule has 0 rings (SSSR count). The van der Waals surface area contributed by atoms with Crippen molar-refractivity contribution in [2.75, 3.05) is 13.2 Å². The van der Waals surface area contributed by atoms with Gasteiger partial charge in [-0.05, 0) is 83.5 Å². The first-order chi connectivity index (χ1) is 33.5. The van der Waals surface area contributed by atoms with Gasteiger partial charge in [-0.25, -0.2) is 0 Å². The molecule has 0 saturated heterocycles. The minimum atomic E-state index is -0.836. The first kappa shape index (κ1) is 62.8. The molecule has 0 radical (unpaired) electrons. The molecule has 0 aliphatic rings. The Labute approximate surface area is 415 Å². The standard InChI is InChI=1S/C62H92O6/c1-4-7-10-13-16-19-22-25-28-30-31-33-34-37-40-43-46-49-52-55-61(64)67-58-59(57-66-60(63)54-51-48-45-42-39-36-27-24-21-18-15-12-9-6-3)68-62(65)56-53-50-47-44-41-38-35-32-29-26-23-20-17-14-11-8-5-2/h7-8,10-11,13-14,16-17,19-20,22-23,25-26,28-41,59H,4-6,9,12,15,18,21,24,27,42-58H2,1-3H3/b10-7-,11-8-,16-13-,17-14-,22-19-,23-20-,28-25-,29-26-,31-30+,34-33-,35-32+,39-36-,40-37-,41-38-. The summed E-state index contributed by atoms with van der Waals surface area (Å²) in [6.45, 7) is 6.22. The van der Waals surface area contributed by atoms with Gasteiger partial charge in [0.1, 0.15) is 13.2 Å². The van der Waals surface area contributed by atoms with Crippen LogP contribution in [0.4, 0.5) is 0 Å². The average molecular weight is 933 g/mol. The van der Waals surface area contributed by atoms with Gasteiger partial charge in [-0.3, -0.25) is 14.4 Å². The lowest BCUT2D eigenvalue weighted by molar-refractivity contribution is -0.167. The van der Waals surface area contributed by atoms with Crippen LogP contribution < -0.4 is 0 Å². The van der Waals surface area contributed by atoms with Crippen LogP contribution in [0.25, 0.3) is 0 Å². The average Bonchev–Trinajstić information content (AvgIpc) is 3.34. The molecule has 0 heterocycles. The maximum Gasteiger partial charge on any atom is 0.306 e. The van der Waals surface area contributed by atoms with E-state index in [4.69, 9.17) is 14.2 Å². The summed E-state index contributed by atoms with van der Waals surface area (Å²) >= 11 is 0. The van der Waals surface area contributed by atoms with Crippen molar-refractivity contribution in [1.82, 2.24) is 0 Å². The molecule has 0 aromatic carbocycles. The summed E-state index contributed by atoms with van der Waals surface area (Å²) in [4.78, 5) is 38.0. The van der Waals surface area contributed by atoms with E-state index in [0.29, 0.717) is 19.3 Å². The van der Waals surface area contributed by atoms with Crippen molar-refractivity contribution in [1.29, 1.82) is 0 Å². The second-order valence-corrected chi connectivity index (χ2v) is 16.7. The molecule has 0 aromatic rings. The summed E-state index contributed by atoms with van der Waals surface area (Å²) in [7, 11) is 0. The summed E-state index contributed by atoms with van der Waals surface area (Å²) in [5, 5.41) is 0. The number of ether oxygens (including phenoxy) is 3. The van der Waals surface area contributed by atoms with Crippen LogP contribution in [0.5, 0.6) is 0 Å². The van der Waals surface area contributed by atoms with E-state index in [1.807, 2.05) is 134 Å². The monoisotopic (exact) mass is 933 g/mol. The van der Waals surface area contributed by atoms with Crippen LogP contribution in [0.3, 0.4) is 0 Å². The number of carbonyl (C=O) groups is 3. The highest BCUT2D eigenvalue weighted by atomic mass is 16.6. The third kappa shape index (κ3) is 51.7. The predicted octanol–water partition coefficient (Wildman–Crippen LogP) is 17.6. The second kappa shape index (κ2) is 54.4. The van der Waals surface area contributed by atoms with E-state index in [-0.39, 0.29) is 44.0 Å². The quantitative estimate of drug-likeness (QED) is 0.0199. The zero-order valence-electron chi connectivity index (χ0n) is 42.8. The Morgan fingerprint density at radius 2 is 0.588 bits per heavy atom. The molecule has 0 amide bonds. The van der Waals surface area contributed by atoms with E-state index < -0.39 is 6.10 Å². The molecule has 0 spiro atoms. The molecule has 6 heteroatoms. The smallest absolute Gasteiger partial charge is 0.306 e. The Morgan fingerprint density at radius 1 is 0.309 bits per heavy atom. The van der Waals surface area contributed by atoms with Gasteiger partial charge in [-0.1, -0.05) is 249 Å². The molecular weight excluding hydrogens is 841 g/mol. The van der Waals surface area contributed by atoms with Gasteiger partial charge in [0, 0.05) is 19.3 Å². The molecule has 1 unspecified atom stereocenters. The van der Waals surface area contributed by atoms with Crippen LogP contribution in [0, 0.1) is 0 Å². The predicted molar refractivity (Wildman–Crippen MR) is 292 cm³/mol. The number of carbonyl (C=O) groups excluding carboxylic acids is 3. The Morgan fingerprint density at radius 3 is 0.941 bits per heavy atom. The molecule has 0 aliphatic carbocycles. The van der Waals surface area contributed by atoms with Gasteiger partial charge in [0.2, 0.25) is 0 Å². The molecule has 0 saturated carbocycles. The van der Waals surface area contributed by atoms with E-state index in [9.17, 15) is 14.4 Å². The molecule has 0 bridgehead atoms. The van der Waals surface area contributed by atoms with Gasteiger partial charge in [0.25, 0.3) is 0 Å². The van der Waals surface area contributed by atoms with Crippen molar-refractivity contribution in [3.8, 4) is 0 Å². The van der Waals surface area contributed by atoms with Crippen molar-refractivity contribution in [2.45, 2.75) is 187 Å². The van der Waals surface area contributed by atoms with E-state index in [2.05, 4.69) is 57.2 Å². The number of rotatable bonds is 44. The van der Waals surface area contributed by atoms with Gasteiger partial charge in [0.05, 0.1) is 0 Å². The number of allylic oxidation sites excluding steroid dienone is 28. The zero-order valence-corrected chi connectivity index (χ0v) is 42.8. The lowest BCUT2D eigenvalue weighted by Gasteiger charge is -2.18. The van der Waals surface area contributed by atoms with E-state index in [1.54, 1.807) is 0 Å². The number of unbranched alkanes of at least 4 members (excludes halogenated alkanes) is 16. The Kier molecular flexibility index (Phi) is 50.2. The third-order valence-corrected chi connectivity index (χ3v) is 10.3. The van der Waals surface area contributed by atoms with Crippen molar-refractivity contribution in [3.63, 3.8) is 0 Å². The molecule has 0 aliphatic heterocycles. The van der Waals surface area contributed by atoms with Gasteiger partial charge in [-0.15, -0.1) is 0 Å². The molecular formula is C62H92O6. The second-order valence-electron chi connectivity index (χ2n) is 16.7.